The number of amides is 2. The number of rotatable bonds is 9. The number of alkyl halides is 3. The first kappa shape index (κ1) is 32.6. The zero-order valence-electron chi connectivity index (χ0n) is 23.6. The highest BCUT2D eigenvalue weighted by atomic mass is 35.5. The summed E-state index contributed by atoms with van der Waals surface area (Å²) in [6.45, 7) is 0.551. The zero-order chi connectivity index (χ0) is 30.6. The second-order valence-electron chi connectivity index (χ2n) is 10.7. The quantitative estimate of drug-likeness (QED) is 0.245. The fourth-order valence-corrected chi connectivity index (χ4v) is 5.63. The third kappa shape index (κ3) is 7.22. The first-order valence-corrected chi connectivity index (χ1v) is 13.9. The van der Waals surface area contributed by atoms with Gasteiger partial charge in [-0.1, -0.05) is 30.3 Å². The van der Waals surface area contributed by atoms with Gasteiger partial charge in [0.05, 0.1) is 0 Å². The zero-order valence-corrected chi connectivity index (χ0v) is 24.4. The van der Waals surface area contributed by atoms with Gasteiger partial charge in [-0.25, -0.2) is 0 Å². The molecule has 0 spiro atoms. The summed E-state index contributed by atoms with van der Waals surface area (Å²) in [6, 6.07) is 14.9. The van der Waals surface area contributed by atoms with Crippen LogP contribution in [0.25, 0.3) is 22.5 Å². The van der Waals surface area contributed by atoms with Gasteiger partial charge in [0.1, 0.15) is 6.04 Å². The summed E-state index contributed by atoms with van der Waals surface area (Å²) >= 11 is 0. The van der Waals surface area contributed by atoms with Crippen molar-refractivity contribution >= 4 is 29.9 Å². The van der Waals surface area contributed by atoms with E-state index in [2.05, 4.69) is 25.6 Å². The molecule has 2 aromatic heterocycles. The van der Waals surface area contributed by atoms with E-state index in [0.717, 1.165) is 19.0 Å². The Balaban J connectivity index is 0.00000442. The summed E-state index contributed by atoms with van der Waals surface area (Å²) in [6.07, 6.45) is -0.723. The molecule has 0 saturated heterocycles. The summed E-state index contributed by atoms with van der Waals surface area (Å²) in [4.78, 5) is 32.1. The van der Waals surface area contributed by atoms with Crippen LogP contribution < -0.4 is 16.4 Å². The Labute approximate surface area is 257 Å². The monoisotopic (exact) mass is 628 g/mol. The van der Waals surface area contributed by atoms with Gasteiger partial charge in [0.2, 0.25) is 17.6 Å². The van der Waals surface area contributed by atoms with Crippen LogP contribution in [-0.2, 0) is 22.2 Å². The van der Waals surface area contributed by atoms with Gasteiger partial charge in [-0.2, -0.15) is 18.4 Å². The number of nitrogens with two attached hydrogens (primary N) is 2. The second-order valence-corrected chi connectivity index (χ2v) is 10.7. The Hall–Kier alpha value is -4.36. The first-order valence-electron chi connectivity index (χ1n) is 13.9. The lowest BCUT2D eigenvalue weighted by Gasteiger charge is -2.35. The number of pyridine rings is 1. The largest absolute Gasteiger partial charge is 0.433 e. The highest BCUT2D eigenvalue weighted by Crippen LogP contribution is 2.36. The summed E-state index contributed by atoms with van der Waals surface area (Å²) in [7, 11) is 0. The molecule has 1 fully saturated rings. The number of nitrogens with one attached hydrogen (secondary N) is 1. The summed E-state index contributed by atoms with van der Waals surface area (Å²) < 4.78 is 41.1. The van der Waals surface area contributed by atoms with E-state index in [1.54, 1.807) is 48.5 Å². The molecule has 14 heteroatoms. The van der Waals surface area contributed by atoms with Crippen molar-refractivity contribution in [3.05, 3.63) is 78.1 Å². The summed E-state index contributed by atoms with van der Waals surface area (Å²) in [5.74, 6) is -0.613. The summed E-state index contributed by atoms with van der Waals surface area (Å²) in [5, 5.41) is 13.9. The number of carbonyl (C=O) groups is 2. The number of aromatic nitrogens is 5. The van der Waals surface area contributed by atoms with E-state index in [9.17, 15) is 22.8 Å². The standard InChI is InChI=1S/C30H31F3N8O2.ClH/c31-30(32,33)26-24(5-2-14-36-26)22-4-1-3-19(15-22)16-25(27(35)42)41(29(43)21-8-6-18(17-34)7-9-21)23-12-10-20(11-13-23)28-37-39-40-38-28;/h1-5,10-15,18,21,25H,6-9,16-17,34H2,(H2,35,42)(H,37,38,39,40);1H/t18?,21?,25-;/m0./s1. The number of nitrogens with zero attached hydrogens (tertiary/aromatic N) is 5. The molecule has 44 heavy (non-hydrogen) atoms. The Morgan fingerprint density at radius 1 is 1.00 bits per heavy atom. The van der Waals surface area contributed by atoms with Gasteiger partial charge < -0.3 is 11.5 Å². The van der Waals surface area contributed by atoms with E-state index in [0.29, 0.717) is 47.9 Å². The molecule has 1 atom stereocenters. The predicted octanol–water partition coefficient (Wildman–Crippen LogP) is 4.56. The maximum absolute atomic E-state index is 14.1. The topological polar surface area (TPSA) is 157 Å². The molecule has 232 valence electrons. The number of primary amides is 1. The van der Waals surface area contributed by atoms with Crippen LogP contribution in [0.1, 0.15) is 36.9 Å². The molecule has 2 heterocycles. The van der Waals surface area contributed by atoms with Crippen molar-refractivity contribution in [1.29, 1.82) is 0 Å². The van der Waals surface area contributed by atoms with E-state index in [-0.39, 0.29) is 41.8 Å². The first-order chi connectivity index (χ1) is 20.7. The van der Waals surface area contributed by atoms with Gasteiger partial charge in [0.15, 0.2) is 5.69 Å². The lowest BCUT2D eigenvalue weighted by Crippen LogP contribution is -2.52. The third-order valence-electron chi connectivity index (χ3n) is 7.90. The van der Waals surface area contributed by atoms with E-state index in [1.165, 1.54) is 17.0 Å². The van der Waals surface area contributed by atoms with Gasteiger partial charge in [-0.3, -0.25) is 19.5 Å². The minimum absolute atomic E-state index is 0. The van der Waals surface area contributed by atoms with Crippen LogP contribution >= 0.6 is 12.4 Å². The van der Waals surface area contributed by atoms with Gasteiger partial charge in [0, 0.05) is 35.3 Å². The highest BCUT2D eigenvalue weighted by Gasteiger charge is 2.37. The van der Waals surface area contributed by atoms with Gasteiger partial charge in [0.25, 0.3) is 0 Å². The SMILES string of the molecule is Cl.NCC1CCC(C(=O)N(c2ccc(-c3nn[nH]n3)cc2)[C@@H](Cc2cccc(-c3cccnc3C(F)(F)F)c2)C(N)=O)CC1. The molecule has 1 aliphatic carbocycles. The molecule has 0 bridgehead atoms. The lowest BCUT2D eigenvalue weighted by molar-refractivity contribution is -0.140. The number of hydrogen-bond donors (Lipinski definition) is 3. The molecule has 5 rings (SSSR count). The van der Waals surface area contributed by atoms with E-state index in [4.69, 9.17) is 11.5 Å². The average molecular weight is 629 g/mol. The number of anilines is 1. The molecule has 10 nitrogen and oxygen atoms in total. The van der Waals surface area contributed by atoms with Crippen LogP contribution in [0, 0.1) is 11.8 Å². The number of benzene rings is 2. The molecular weight excluding hydrogens is 597 g/mol. The van der Waals surface area contributed by atoms with Crippen LogP contribution in [0.5, 0.6) is 0 Å². The molecule has 2 aromatic carbocycles. The molecular formula is C30H32ClF3N8O2. The molecule has 4 aromatic rings. The smallest absolute Gasteiger partial charge is 0.368 e. The third-order valence-corrected chi connectivity index (χ3v) is 7.90. The molecule has 2 amide bonds. The van der Waals surface area contributed by atoms with Gasteiger partial charge in [-0.15, -0.1) is 22.6 Å². The Bertz CT molecular complexity index is 1560. The Kier molecular flexibility index (Phi) is 10.3. The van der Waals surface area contributed by atoms with Crippen molar-refractivity contribution in [1.82, 2.24) is 25.6 Å². The number of tetrazole rings is 1. The predicted molar refractivity (Wildman–Crippen MR) is 160 cm³/mol. The van der Waals surface area contributed by atoms with Gasteiger partial charge in [-0.05, 0) is 84.8 Å². The molecule has 0 aliphatic heterocycles. The van der Waals surface area contributed by atoms with Crippen LogP contribution in [0.2, 0.25) is 0 Å². The fourth-order valence-electron chi connectivity index (χ4n) is 5.63. The second kappa shape index (κ2) is 14.0. The maximum Gasteiger partial charge on any atom is 0.433 e. The van der Waals surface area contributed by atoms with Crippen molar-refractivity contribution in [3.8, 4) is 22.5 Å². The Morgan fingerprint density at radius 3 is 2.34 bits per heavy atom. The van der Waals surface area contributed by atoms with Gasteiger partial charge >= 0.3 is 6.18 Å². The molecule has 5 N–H and O–H groups in total. The van der Waals surface area contributed by atoms with Crippen molar-refractivity contribution in [2.45, 2.75) is 44.3 Å². The minimum Gasteiger partial charge on any atom is -0.368 e. The lowest BCUT2D eigenvalue weighted by atomic mass is 9.81. The van der Waals surface area contributed by atoms with Crippen LogP contribution in [-0.4, -0.2) is 50.0 Å². The van der Waals surface area contributed by atoms with Crippen molar-refractivity contribution in [3.63, 3.8) is 0 Å². The van der Waals surface area contributed by atoms with E-state index >= 15 is 0 Å². The van der Waals surface area contributed by atoms with Crippen LogP contribution in [0.4, 0.5) is 18.9 Å². The maximum atomic E-state index is 14.1. The van der Waals surface area contributed by atoms with Crippen molar-refractivity contribution in [2.24, 2.45) is 23.3 Å². The number of halogens is 4. The number of H-pyrrole nitrogens is 1. The minimum atomic E-state index is -4.65. The molecule has 0 radical (unpaired) electrons. The molecule has 1 aliphatic rings. The normalized spacial score (nSPS) is 17.4. The van der Waals surface area contributed by atoms with Crippen LogP contribution in [0.15, 0.2) is 66.9 Å². The van der Waals surface area contributed by atoms with Crippen molar-refractivity contribution in [2.75, 3.05) is 11.4 Å². The number of carbonyl (C=O) groups excluding carboxylic acids is 2. The van der Waals surface area contributed by atoms with Crippen molar-refractivity contribution < 1.29 is 22.8 Å². The fraction of sp³-hybridized carbons (Fsp3) is 0.333. The average Bonchev–Trinajstić information content (AvgIpc) is 3.56. The molecule has 1 saturated carbocycles. The Morgan fingerprint density at radius 2 is 1.73 bits per heavy atom. The van der Waals surface area contributed by atoms with Crippen LogP contribution in [0.3, 0.4) is 0 Å². The van der Waals surface area contributed by atoms with E-state index < -0.39 is 23.8 Å². The number of aromatic amines is 1. The number of hydrogen-bond acceptors (Lipinski definition) is 7. The summed E-state index contributed by atoms with van der Waals surface area (Å²) in [5.41, 5.74) is 12.6. The van der Waals surface area contributed by atoms with E-state index in [1.807, 2.05) is 0 Å². The highest BCUT2D eigenvalue weighted by molar-refractivity contribution is 6.01. The molecule has 0 unspecified atom stereocenters.